The molecule has 0 spiro atoms. The van der Waals surface area contributed by atoms with Gasteiger partial charge in [-0.15, -0.1) is 0 Å². The number of nitrogens with one attached hydrogen (secondary N) is 1. The Kier molecular flexibility index (Phi) is 5.08. The molecule has 0 radical (unpaired) electrons. The predicted molar refractivity (Wildman–Crippen MR) is 67.6 cm³/mol. The maximum atomic E-state index is 11.7. The third-order valence-corrected chi connectivity index (χ3v) is 3.65. The van der Waals surface area contributed by atoms with Crippen molar-refractivity contribution >= 4 is 21.7 Å². The topological polar surface area (TPSA) is 85.4 Å². The molecular formula is C11H16N2O4S. The van der Waals surface area contributed by atoms with Crippen molar-refractivity contribution in [2.24, 2.45) is 0 Å². The van der Waals surface area contributed by atoms with Gasteiger partial charge in [-0.25, -0.2) is 8.42 Å². The Morgan fingerprint density at radius 3 is 2.83 bits per heavy atom. The van der Waals surface area contributed by atoms with Crippen LogP contribution in [0, 0.1) is 6.92 Å². The number of rotatable bonds is 6. The minimum atomic E-state index is -3.46. The number of hydrogen-bond donors (Lipinski definition) is 1. The number of aryl methyl sites for hydroxylation is 1. The molecule has 0 bridgehead atoms. The summed E-state index contributed by atoms with van der Waals surface area (Å²) in [5.41, 5.74) is 1.06. The minimum absolute atomic E-state index is 0.0867. The van der Waals surface area contributed by atoms with Gasteiger partial charge in [0, 0.05) is 12.6 Å². The van der Waals surface area contributed by atoms with Crippen LogP contribution in [0.15, 0.2) is 18.3 Å². The van der Waals surface area contributed by atoms with E-state index in [0.717, 1.165) is 0 Å². The van der Waals surface area contributed by atoms with E-state index in [1.54, 1.807) is 25.3 Å². The van der Waals surface area contributed by atoms with Crippen LogP contribution >= 0.6 is 0 Å². The molecule has 0 aliphatic heterocycles. The van der Waals surface area contributed by atoms with Crippen molar-refractivity contribution in [3.8, 4) is 0 Å². The summed E-state index contributed by atoms with van der Waals surface area (Å²) in [6.07, 6.45) is 1.90. The lowest BCUT2D eigenvalue weighted by atomic mass is 10.3. The Morgan fingerprint density at radius 2 is 2.22 bits per heavy atom. The third-order valence-electron chi connectivity index (χ3n) is 2.29. The van der Waals surface area contributed by atoms with Gasteiger partial charge < -0.3 is 4.74 Å². The quantitative estimate of drug-likeness (QED) is 0.783. The summed E-state index contributed by atoms with van der Waals surface area (Å²) < 4.78 is 30.3. The zero-order valence-corrected chi connectivity index (χ0v) is 11.2. The average molecular weight is 272 g/mol. The summed E-state index contributed by atoms with van der Waals surface area (Å²) in [6.45, 7) is 1.71. The van der Waals surface area contributed by atoms with Gasteiger partial charge in [-0.1, -0.05) is 0 Å². The first-order valence-corrected chi connectivity index (χ1v) is 7.09. The number of methoxy groups -OCH3 is 1. The molecule has 0 aliphatic rings. The van der Waals surface area contributed by atoms with E-state index in [2.05, 4.69) is 14.4 Å². The van der Waals surface area contributed by atoms with Crippen LogP contribution in [-0.2, 0) is 19.6 Å². The Labute approximate surface area is 106 Å². The maximum Gasteiger partial charge on any atom is 0.305 e. The van der Waals surface area contributed by atoms with Crippen LogP contribution in [-0.4, -0.2) is 32.2 Å². The first-order chi connectivity index (χ1) is 8.44. The smallest absolute Gasteiger partial charge is 0.305 e. The summed E-state index contributed by atoms with van der Waals surface area (Å²) in [7, 11) is -2.19. The summed E-state index contributed by atoms with van der Waals surface area (Å²) in [4.78, 5) is 14.8. The molecule has 0 aromatic carbocycles. The van der Waals surface area contributed by atoms with E-state index >= 15 is 0 Å². The first kappa shape index (κ1) is 14.4. The van der Waals surface area contributed by atoms with Gasteiger partial charge in [-0.05, 0) is 25.5 Å². The first-order valence-electron chi connectivity index (χ1n) is 5.43. The Hall–Kier alpha value is -1.63. The Morgan fingerprint density at radius 1 is 1.50 bits per heavy atom. The molecule has 0 saturated heterocycles. The molecule has 0 unspecified atom stereocenters. The maximum absolute atomic E-state index is 11.7. The molecule has 1 rings (SSSR count). The molecule has 0 saturated carbocycles. The second-order valence-corrected chi connectivity index (χ2v) is 5.58. The second-order valence-electron chi connectivity index (χ2n) is 3.74. The van der Waals surface area contributed by atoms with E-state index in [0.29, 0.717) is 11.4 Å². The lowest BCUT2D eigenvalue weighted by Gasteiger charge is -2.09. The molecule has 1 aromatic heterocycles. The summed E-state index contributed by atoms with van der Waals surface area (Å²) >= 11 is 0. The Balaban J connectivity index is 2.55. The average Bonchev–Trinajstić information content (AvgIpc) is 2.31. The highest BCUT2D eigenvalue weighted by atomic mass is 32.2. The number of nitrogens with zero attached hydrogens (tertiary/aromatic N) is 1. The number of aromatic nitrogens is 1. The van der Waals surface area contributed by atoms with Crippen molar-refractivity contribution in [1.29, 1.82) is 0 Å². The highest BCUT2D eigenvalue weighted by molar-refractivity contribution is 7.92. The van der Waals surface area contributed by atoms with E-state index < -0.39 is 16.0 Å². The van der Waals surface area contributed by atoms with Crippen LogP contribution < -0.4 is 4.72 Å². The van der Waals surface area contributed by atoms with Crippen molar-refractivity contribution in [3.05, 3.63) is 24.0 Å². The van der Waals surface area contributed by atoms with Gasteiger partial charge in [0.1, 0.15) is 0 Å². The molecule has 18 heavy (non-hydrogen) atoms. The fourth-order valence-electron chi connectivity index (χ4n) is 1.32. The van der Waals surface area contributed by atoms with Crippen LogP contribution in [0.3, 0.4) is 0 Å². The molecule has 7 heteroatoms. The monoisotopic (exact) mass is 272 g/mol. The molecule has 0 aliphatic carbocycles. The normalized spacial score (nSPS) is 11.0. The summed E-state index contributed by atoms with van der Waals surface area (Å²) in [5, 5.41) is 0. The predicted octanol–water partition coefficient (Wildman–Crippen LogP) is 1.08. The van der Waals surface area contributed by atoms with E-state index in [9.17, 15) is 13.2 Å². The van der Waals surface area contributed by atoms with Gasteiger partial charge in [-0.2, -0.15) is 0 Å². The van der Waals surface area contributed by atoms with Crippen molar-refractivity contribution in [1.82, 2.24) is 4.98 Å². The molecule has 0 fully saturated rings. The third kappa shape index (κ3) is 4.70. The number of hydrogen-bond acceptors (Lipinski definition) is 5. The summed E-state index contributed by atoms with van der Waals surface area (Å²) in [6, 6.07) is 3.29. The zero-order chi connectivity index (χ0) is 13.6. The fourth-order valence-corrected chi connectivity index (χ4v) is 2.50. The number of pyridine rings is 1. The van der Waals surface area contributed by atoms with Crippen molar-refractivity contribution < 1.29 is 17.9 Å². The van der Waals surface area contributed by atoms with Gasteiger partial charge in [0.2, 0.25) is 10.0 Å². The SMILES string of the molecule is COC(=O)CCCS(=O)(=O)Nc1cccnc1C. The highest BCUT2D eigenvalue weighted by Gasteiger charge is 2.13. The van der Waals surface area contributed by atoms with E-state index in [4.69, 9.17) is 0 Å². The molecule has 0 amide bonds. The fraction of sp³-hybridized carbons (Fsp3) is 0.455. The molecular weight excluding hydrogens is 256 g/mol. The van der Waals surface area contributed by atoms with Crippen molar-refractivity contribution in [2.75, 3.05) is 17.6 Å². The molecule has 6 nitrogen and oxygen atoms in total. The lowest BCUT2D eigenvalue weighted by molar-refractivity contribution is -0.140. The van der Waals surface area contributed by atoms with Crippen molar-refractivity contribution in [3.63, 3.8) is 0 Å². The van der Waals surface area contributed by atoms with Gasteiger partial charge in [0.15, 0.2) is 0 Å². The van der Waals surface area contributed by atoms with E-state index in [-0.39, 0.29) is 18.6 Å². The molecule has 0 atom stereocenters. The number of carbonyl (C=O) groups excluding carboxylic acids is 1. The lowest BCUT2D eigenvalue weighted by Crippen LogP contribution is -2.18. The molecule has 1 heterocycles. The van der Waals surface area contributed by atoms with Crippen LogP contribution in [0.2, 0.25) is 0 Å². The number of anilines is 1. The van der Waals surface area contributed by atoms with E-state index in [1.165, 1.54) is 7.11 Å². The highest BCUT2D eigenvalue weighted by Crippen LogP contribution is 2.13. The van der Waals surface area contributed by atoms with Crippen LogP contribution in [0.4, 0.5) is 5.69 Å². The molecule has 100 valence electrons. The Bertz CT molecular complexity index is 514. The zero-order valence-electron chi connectivity index (χ0n) is 10.3. The largest absolute Gasteiger partial charge is 0.469 e. The van der Waals surface area contributed by atoms with Crippen LogP contribution in [0.1, 0.15) is 18.5 Å². The number of carbonyl (C=O) groups is 1. The number of sulfonamides is 1. The van der Waals surface area contributed by atoms with Gasteiger partial charge in [0.25, 0.3) is 0 Å². The van der Waals surface area contributed by atoms with Crippen LogP contribution in [0.25, 0.3) is 0 Å². The van der Waals surface area contributed by atoms with E-state index in [1.807, 2.05) is 0 Å². The number of esters is 1. The standard InChI is InChI=1S/C11H16N2O4S/c1-9-10(5-3-7-12-9)13-18(15,16)8-4-6-11(14)17-2/h3,5,7,13H,4,6,8H2,1-2H3. The van der Waals surface area contributed by atoms with Gasteiger partial charge in [-0.3, -0.25) is 14.5 Å². The second kappa shape index (κ2) is 6.34. The molecule has 1 N–H and O–H groups in total. The number of ether oxygens (including phenoxy) is 1. The van der Waals surface area contributed by atoms with Gasteiger partial charge in [0.05, 0.1) is 24.2 Å². The summed E-state index contributed by atoms with van der Waals surface area (Å²) in [5.74, 6) is -0.543. The van der Waals surface area contributed by atoms with Gasteiger partial charge >= 0.3 is 5.97 Å². The van der Waals surface area contributed by atoms with Crippen molar-refractivity contribution in [2.45, 2.75) is 19.8 Å². The van der Waals surface area contributed by atoms with Crippen LogP contribution in [0.5, 0.6) is 0 Å². The minimum Gasteiger partial charge on any atom is -0.469 e. The molecule has 1 aromatic rings.